The zero-order valence-corrected chi connectivity index (χ0v) is 20.3. The van der Waals surface area contributed by atoms with Crippen LogP contribution >= 0.6 is 34.4 Å². The van der Waals surface area contributed by atoms with Crippen LogP contribution in [0.25, 0.3) is 0 Å². The monoisotopic (exact) mass is 550 g/mol. The van der Waals surface area contributed by atoms with Gasteiger partial charge in [0, 0.05) is 15.8 Å². The maximum absolute atomic E-state index is 12.3. The van der Waals surface area contributed by atoms with Crippen LogP contribution < -0.4 is 14.8 Å². The average molecular weight is 550 g/mol. The van der Waals surface area contributed by atoms with Crippen molar-refractivity contribution in [3.05, 3.63) is 70.1 Å². The Bertz CT molecular complexity index is 1050. The van der Waals surface area contributed by atoms with Crippen molar-refractivity contribution in [3.63, 3.8) is 0 Å². The molecular weight excluding hydrogens is 527 g/mol. The van der Waals surface area contributed by atoms with Gasteiger partial charge < -0.3 is 14.8 Å². The Hall–Kier alpha value is -2.53. The number of halogens is 1. The minimum atomic E-state index is -0.110. The lowest BCUT2D eigenvalue weighted by Crippen LogP contribution is -2.15. The summed E-state index contributed by atoms with van der Waals surface area (Å²) in [4.78, 5) is 12.3. The van der Waals surface area contributed by atoms with E-state index in [0.717, 1.165) is 14.8 Å². The predicted octanol–water partition coefficient (Wildman–Crippen LogP) is 4.70. The summed E-state index contributed by atoms with van der Waals surface area (Å²) in [7, 11) is 1.61. The number of aromatic nitrogens is 3. The molecule has 0 aliphatic rings. The highest BCUT2D eigenvalue weighted by atomic mass is 127. The Labute approximate surface area is 199 Å². The molecule has 0 spiro atoms. The van der Waals surface area contributed by atoms with Gasteiger partial charge in [-0.25, -0.2) is 0 Å². The highest BCUT2D eigenvalue weighted by Gasteiger charge is 2.15. The number of amides is 1. The number of anilines is 1. The summed E-state index contributed by atoms with van der Waals surface area (Å²) >= 11 is 3.54. The number of allylic oxidation sites excluding steroid dienone is 1. The molecule has 0 saturated carbocycles. The summed E-state index contributed by atoms with van der Waals surface area (Å²) in [6.45, 7) is 6.53. The number of nitrogens with zero attached hydrogens (tertiary/aromatic N) is 3. The molecule has 3 aromatic rings. The molecule has 0 radical (unpaired) electrons. The maximum atomic E-state index is 12.3. The highest BCUT2D eigenvalue weighted by molar-refractivity contribution is 14.1. The quantitative estimate of drug-likeness (QED) is 0.224. The largest absolute Gasteiger partial charge is 0.493 e. The standard InChI is InChI=1S/C22H23IN4O3S/c1-4-11-27-20(13-30-18-10-5-15(2)12-19(18)29-3)25-26-22(27)31-14-21(28)24-17-8-6-16(23)7-9-17/h4-10,12H,1,11,13-14H2,2-3H3,(H,24,28). The Balaban J connectivity index is 1.63. The molecule has 1 amide bonds. The van der Waals surface area contributed by atoms with Crippen molar-refractivity contribution in [1.82, 2.24) is 14.8 Å². The molecule has 9 heteroatoms. The summed E-state index contributed by atoms with van der Waals surface area (Å²) in [5, 5.41) is 12.0. The number of thioether (sulfide) groups is 1. The smallest absolute Gasteiger partial charge is 0.234 e. The van der Waals surface area contributed by atoms with Crippen molar-refractivity contribution in [1.29, 1.82) is 0 Å². The zero-order valence-electron chi connectivity index (χ0n) is 17.3. The third-order valence-corrected chi connectivity index (χ3v) is 5.93. The SMILES string of the molecule is C=CCn1c(COc2ccc(C)cc2OC)nnc1SCC(=O)Nc1ccc(I)cc1. The van der Waals surface area contributed by atoms with Crippen LogP contribution in [0, 0.1) is 10.5 Å². The number of carbonyl (C=O) groups excluding carboxylic acids is 1. The lowest BCUT2D eigenvalue weighted by atomic mass is 10.2. The molecule has 0 aliphatic heterocycles. The van der Waals surface area contributed by atoms with Gasteiger partial charge in [0.1, 0.15) is 6.61 Å². The van der Waals surface area contributed by atoms with Gasteiger partial charge in [0.25, 0.3) is 0 Å². The molecule has 1 heterocycles. The molecule has 0 aliphatic carbocycles. The van der Waals surface area contributed by atoms with E-state index in [1.54, 1.807) is 13.2 Å². The fraction of sp³-hybridized carbons (Fsp3) is 0.227. The Morgan fingerprint density at radius 2 is 2.00 bits per heavy atom. The number of methoxy groups -OCH3 is 1. The Kier molecular flexibility index (Phi) is 8.35. The molecule has 3 rings (SSSR count). The number of nitrogens with one attached hydrogen (secondary N) is 1. The van der Waals surface area contributed by atoms with E-state index in [4.69, 9.17) is 9.47 Å². The van der Waals surface area contributed by atoms with Crippen molar-refractivity contribution >= 4 is 45.9 Å². The zero-order chi connectivity index (χ0) is 22.2. The fourth-order valence-corrected chi connectivity index (χ4v) is 3.87. The molecule has 31 heavy (non-hydrogen) atoms. The van der Waals surface area contributed by atoms with Gasteiger partial charge in [-0.1, -0.05) is 23.9 Å². The Morgan fingerprint density at radius 3 is 2.71 bits per heavy atom. The van der Waals surface area contributed by atoms with Crippen molar-refractivity contribution < 1.29 is 14.3 Å². The van der Waals surface area contributed by atoms with Crippen LogP contribution in [0.15, 0.2) is 60.3 Å². The van der Waals surface area contributed by atoms with Gasteiger partial charge in [0.05, 0.1) is 12.9 Å². The van der Waals surface area contributed by atoms with Crippen LogP contribution in [0.1, 0.15) is 11.4 Å². The normalized spacial score (nSPS) is 10.5. The second-order valence-electron chi connectivity index (χ2n) is 6.58. The molecule has 0 unspecified atom stereocenters. The van der Waals surface area contributed by atoms with E-state index in [0.29, 0.717) is 29.0 Å². The first-order valence-corrected chi connectivity index (χ1v) is 11.5. The van der Waals surface area contributed by atoms with Gasteiger partial charge in [-0.15, -0.1) is 16.8 Å². The molecular formula is C22H23IN4O3S. The van der Waals surface area contributed by atoms with E-state index >= 15 is 0 Å². The molecule has 1 aromatic heterocycles. The molecule has 0 bridgehead atoms. The molecule has 162 valence electrons. The summed E-state index contributed by atoms with van der Waals surface area (Å²) in [5.74, 6) is 2.04. The van der Waals surface area contributed by atoms with Gasteiger partial charge in [0.2, 0.25) is 5.91 Å². The van der Waals surface area contributed by atoms with E-state index in [-0.39, 0.29) is 18.3 Å². The van der Waals surface area contributed by atoms with Crippen molar-refractivity contribution in [2.75, 3.05) is 18.2 Å². The lowest BCUT2D eigenvalue weighted by Gasteiger charge is -2.12. The first-order valence-electron chi connectivity index (χ1n) is 9.48. The van der Waals surface area contributed by atoms with Crippen LogP contribution in [-0.4, -0.2) is 33.5 Å². The number of rotatable bonds is 10. The number of hydrogen-bond acceptors (Lipinski definition) is 6. The van der Waals surface area contributed by atoms with Gasteiger partial charge in [-0.3, -0.25) is 9.36 Å². The summed E-state index contributed by atoms with van der Waals surface area (Å²) in [6, 6.07) is 13.4. The highest BCUT2D eigenvalue weighted by Crippen LogP contribution is 2.28. The topological polar surface area (TPSA) is 78.3 Å². The van der Waals surface area contributed by atoms with E-state index in [2.05, 4.69) is 44.7 Å². The number of aryl methyl sites for hydroxylation is 1. The van der Waals surface area contributed by atoms with E-state index in [9.17, 15) is 4.79 Å². The average Bonchev–Trinajstić information content (AvgIpc) is 3.14. The van der Waals surface area contributed by atoms with Crippen LogP contribution in [0.2, 0.25) is 0 Å². The van der Waals surface area contributed by atoms with Gasteiger partial charge >= 0.3 is 0 Å². The van der Waals surface area contributed by atoms with Crippen LogP contribution in [0.3, 0.4) is 0 Å². The first kappa shape index (κ1) is 23.1. The molecule has 2 aromatic carbocycles. The van der Waals surface area contributed by atoms with Crippen molar-refractivity contribution in [2.24, 2.45) is 0 Å². The first-order chi connectivity index (χ1) is 15.0. The van der Waals surface area contributed by atoms with Gasteiger partial charge in [-0.05, 0) is 71.5 Å². The minimum absolute atomic E-state index is 0.110. The summed E-state index contributed by atoms with van der Waals surface area (Å²) in [6.07, 6.45) is 1.76. The summed E-state index contributed by atoms with van der Waals surface area (Å²) in [5.41, 5.74) is 1.85. The van der Waals surface area contributed by atoms with Crippen LogP contribution in [0.4, 0.5) is 5.69 Å². The molecule has 0 saturated heterocycles. The van der Waals surface area contributed by atoms with Crippen molar-refractivity contribution in [3.8, 4) is 11.5 Å². The lowest BCUT2D eigenvalue weighted by molar-refractivity contribution is -0.113. The van der Waals surface area contributed by atoms with E-state index in [1.165, 1.54) is 11.8 Å². The van der Waals surface area contributed by atoms with Crippen LogP contribution in [0.5, 0.6) is 11.5 Å². The second-order valence-corrected chi connectivity index (χ2v) is 8.77. The molecule has 0 fully saturated rings. The molecule has 0 atom stereocenters. The third kappa shape index (κ3) is 6.47. The number of benzene rings is 2. The number of carbonyl (C=O) groups is 1. The molecule has 7 nitrogen and oxygen atoms in total. The summed E-state index contributed by atoms with van der Waals surface area (Å²) < 4.78 is 14.3. The van der Waals surface area contributed by atoms with Crippen LogP contribution in [-0.2, 0) is 17.9 Å². The van der Waals surface area contributed by atoms with E-state index < -0.39 is 0 Å². The van der Waals surface area contributed by atoms with E-state index in [1.807, 2.05) is 54.0 Å². The minimum Gasteiger partial charge on any atom is -0.493 e. The third-order valence-electron chi connectivity index (χ3n) is 4.24. The number of hydrogen-bond donors (Lipinski definition) is 1. The predicted molar refractivity (Wildman–Crippen MR) is 131 cm³/mol. The fourth-order valence-electron chi connectivity index (χ4n) is 2.74. The maximum Gasteiger partial charge on any atom is 0.234 e. The second kappa shape index (κ2) is 11.2. The van der Waals surface area contributed by atoms with Crippen molar-refractivity contribution in [2.45, 2.75) is 25.2 Å². The number of ether oxygens (including phenoxy) is 2. The molecule has 1 N–H and O–H groups in total. The van der Waals surface area contributed by atoms with Gasteiger partial charge in [0.15, 0.2) is 22.5 Å². The van der Waals surface area contributed by atoms with Gasteiger partial charge in [-0.2, -0.15) is 0 Å². The Morgan fingerprint density at radius 1 is 1.23 bits per heavy atom.